The van der Waals surface area contributed by atoms with Gasteiger partial charge in [0.2, 0.25) is 11.8 Å². The topological polar surface area (TPSA) is 95.6 Å². The summed E-state index contributed by atoms with van der Waals surface area (Å²) in [4.78, 5) is 53.9. The highest BCUT2D eigenvalue weighted by Gasteiger charge is 2.40. The Morgan fingerprint density at radius 1 is 0.932 bits per heavy atom. The zero-order valence-corrected chi connectivity index (χ0v) is 26.4. The molecule has 1 aliphatic heterocycles. The summed E-state index contributed by atoms with van der Waals surface area (Å²) < 4.78 is 15.1. The van der Waals surface area contributed by atoms with Gasteiger partial charge in [0, 0.05) is 21.5 Å². The van der Waals surface area contributed by atoms with Gasteiger partial charge in [-0.1, -0.05) is 69.5 Å². The number of rotatable bonds is 8. The Labute approximate surface area is 274 Å². The van der Waals surface area contributed by atoms with Crippen molar-refractivity contribution < 1.29 is 23.6 Å². The Hall–Kier alpha value is -3.96. The molecule has 1 aliphatic rings. The van der Waals surface area contributed by atoms with Crippen LogP contribution >= 0.6 is 50.9 Å². The number of amides is 4. The first-order valence-electron chi connectivity index (χ1n) is 13.0. The van der Waals surface area contributed by atoms with Crippen molar-refractivity contribution in [3.63, 3.8) is 0 Å². The molecule has 12 heteroatoms. The van der Waals surface area contributed by atoms with Crippen LogP contribution in [0, 0.1) is 5.82 Å². The lowest BCUT2D eigenvalue weighted by molar-refractivity contribution is -0.121. The minimum atomic E-state index is -0.790. The van der Waals surface area contributed by atoms with E-state index in [0.717, 1.165) is 15.4 Å². The first-order valence-corrected chi connectivity index (χ1v) is 15.4. The summed E-state index contributed by atoms with van der Waals surface area (Å²) in [6, 6.07) is 23.8. The fourth-order valence-corrected chi connectivity index (χ4v) is 5.99. The highest BCUT2D eigenvalue weighted by Crippen LogP contribution is 2.36. The molecule has 1 saturated heterocycles. The SMILES string of the molecule is O=C(Nc1cccc(SC2CC(=O)N(c3ccc(Cl)c(Cl)c3)C2=O)c1)/C(=C/c1ccc(Br)cc1)NC(=O)c1ccccc1F. The molecule has 1 atom stereocenters. The average Bonchev–Trinajstić information content (AvgIpc) is 3.27. The highest BCUT2D eigenvalue weighted by molar-refractivity contribution is 9.10. The van der Waals surface area contributed by atoms with Gasteiger partial charge < -0.3 is 10.6 Å². The molecule has 4 aromatic carbocycles. The molecule has 0 aromatic heterocycles. The van der Waals surface area contributed by atoms with E-state index in [1.54, 1.807) is 54.6 Å². The van der Waals surface area contributed by atoms with Gasteiger partial charge in [-0.2, -0.15) is 0 Å². The maximum atomic E-state index is 14.3. The van der Waals surface area contributed by atoms with Crippen molar-refractivity contribution >= 4 is 92.0 Å². The number of benzene rings is 4. The number of imide groups is 1. The van der Waals surface area contributed by atoms with Crippen LogP contribution in [0.25, 0.3) is 6.08 Å². The maximum Gasteiger partial charge on any atom is 0.272 e. The van der Waals surface area contributed by atoms with Crippen molar-refractivity contribution in [3.8, 4) is 0 Å². The summed E-state index contributed by atoms with van der Waals surface area (Å²) in [6.07, 6.45) is 1.45. The molecule has 0 bridgehead atoms. The van der Waals surface area contributed by atoms with Gasteiger partial charge in [-0.3, -0.25) is 19.2 Å². The van der Waals surface area contributed by atoms with E-state index in [-0.39, 0.29) is 28.6 Å². The fourth-order valence-electron chi connectivity index (χ4n) is 4.32. The lowest BCUT2D eigenvalue weighted by Gasteiger charge is -2.16. The monoisotopic (exact) mass is 711 g/mol. The number of halogens is 4. The third-order valence-electron chi connectivity index (χ3n) is 6.43. The lowest BCUT2D eigenvalue weighted by atomic mass is 10.1. The molecule has 1 unspecified atom stereocenters. The summed E-state index contributed by atoms with van der Waals surface area (Å²) in [7, 11) is 0. The molecule has 0 radical (unpaired) electrons. The Bertz CT molecular complexity index is 1820. The van der Waals surface area contributed by atoms with Crippen LogP contribution in [-0.2, 0) is 14.4 Å². The van der Waals surface area contributed by atoms with Crippen molar-refractivity contribution in [1.29, 1.82) is 0 Å². The largest absolute Gasteiger partial charge is 0.321 e. The second kappa shape index (κ2) is 13.8. The molecule has 2 N–H and O–H groups in total. The molecule has 1 fully saturated rings. The Balaban J connectivity index is 1.33. The van der Waals surface area contributed by atoms with Crippen LogP contribution in [0.5, 0.6) is 0 Å². The maximum absolute atomic E-state index is 14.3. The van der Waals surface area contributed by atoms with Gasteiger partial charge in [0.05, 0.1) is 26.5 Å². The number of nitrogens with one attached hydrogen (secondary N) is 2. The Morgan fingerprint density at radius 2 is 1.68 bits per heavy atom. The standard InChI is InChI=1S/C32H21BrCl2FN3O4S/c33-19-10-8-18(9-11-19)14-27(38-30(41)23-6-1-2-7-26(23)36)31(42)37-20-4-3-5-22(15-20)44-28-17-29(40)39(32(28)43)21-12-13-24(34)25(35)16-21/h1-16,28H,17H2,(H,37,42)(H,38,41)/b27-14-. The van der Waals surface area contributed by atoms with Crippen LogP contribution in [0.15, 0.2) is 106 Å². The predicted molar refractivity (Wildman–Crippen MR) is 174 cm³/mol. The molecule has 7 nitrogen and oxygen atoms in total. The Morgan fingerprint density at radius 3 is 2.41 bits per heavy atom. The number of anilines is 2. The van der Waals surface area contributed by atoms with E-state index in [4.69, 9.17) is 23.2 Å². The number of hydrogen-bond acceptors (Lipinski definition) is 5. The van der Waals surface area contributed by atoms with Crippen molar-refractivity contribution in [2.75, 3.05) is 10.2 Å². The summed E-state index contributed by atoms with van der Waals surface area (Å²) in [6.45, 7) is 0. The number of thioether (sulfide) groups is 1. The van der Waals surface area contributed by atoms with Crippen LogP contribution in [0.2, 0.25) is 10.0 Å². The minimum Gasteiger partial charge on any atom is -0.321 e. The zero-order chi connectivity index (χ0) is 31.4. The molecule has 0 saturated carbocycles. The summed E-state index contributed by atoms with van der Waals surface area (Å²) in [5.41, 5.74) is 0.993. The molecule has 0 aliphatic carbocycles. The van der Waals surface area contributed by atoms with Crippen LogP contribution < -0.4 is 15.5 Å². The van der Waals surface area contributed by atoms with Crippen LogP contribution in [0.1, 0.15) is 22.3 Å². The van der Waals surface area contributed by atoms with Crippen molar-refractivity contribution in [1.82, 2.24) is 5.32 Å². The summed E-state index contributed by atoms with van der Waals surface area (Å²) in [5, 5.41) is 5.10. The molecule has 1 heterocycles. The summed E-state index contributed by atoms with van der Waals surface area (Å²) in [5.74, 6) is -2.94. The number of carbonyl (C=O) groups is 4. The van der Waals surface area contributed by atoms with Gasteiger partial charge in [-0.15, -0.1) is 11.8 Å². The second-order valence-electron chi connectivity index (χ2n) is 9.50. The van der Waals surface area contributed by atoms with Gasteiger partial charge in [0.15, 0.2) is 0 Å². The first-order chi connectivity index (χ1) is 21.1. The van der Waals surface area contributed by atoms with Crippen LogP contribution in [0.3, 0.4) is 0 Å². The molecule has 222 valence electrons. The van der Waals surface area contributed by atoms with E-state index in [1.165, 1.54) is 48.2 Å². The molecule has 44 heavy (non-hydrogen) atoms. The van der Waals surface area contributed by atoms with Gasteiger partial charge in [-0.05, 0) is 72.3 Å². The smallest absolute Gasteiger partial charge is 0.272 e. The molecule has 5 rings (SSSR count). The van der Waals surface area contributed by atoms with Crippen molar-refractivity contribution in [2.45, 2.75) is 16.6 Å². The number of hydrogen-bond donors (Lipinski definition) is 2. The predicted octanol–water partition coefficient (Wildman–Crippen LogP) is 7.73. The van der Waals surface area contributed by atoms with Crippen molar-refractivity contribution in [3.05, 3.63) is 128 Å². The molecule has 4 aromatic rings. The average molecular weight is 713 g/mol. The van der Waals surface area contributed by atoms with E-state index < -0.39 is 28.8 Å². The first kappa shape index (κ1) is 31.5. The minimum absolute atomic E-state index is 0.0253. The van der Waals surface area contributed by atoms with E-state index in [9.17, 15) is 23.6 Å². The van der Waals surface area contributed by atoms with Gasteiger partial charge in [0.25, 0.3) is 11.8 Å². The third-order valence-corrected chi connectivity index (χ3v) is 8.88. The summed E-state index contributed by atoms with van der Waals surface area (Å²) >= 11 is 16.6. The quantitative estimate of drug-likeness (QED) is 0.144. The van der Waals surface area contributed by atoms with Crippen LogP contribution in [0.4, 0.5) is 15.8 Å². The van der Waals surface area contributed by atoms with E-state index in [0.29, 0.717) is 26.9 Å². The third kappa shape index (κ3) is 7.39. The van der Waals surface area contributed by atoms with Gasteiger partial charge in [0.1, 0.15) is 11.5 Å². The molecule has 4 amide bonds. The lowest BCUT2D eigenvalue weighted by Crippen LogP contribution is -2.31. The zero-order valence-electron chi connectivity index (χ0n) is 22.5. The van der Waals surface area contributed by atoms with E-state index in [2.05, 4.69) is 26.6 Å². The van der Waals surface area contributed by atoms with Gasteiger partial charge >= 0.3 is 0 Å². The van der Waals surface area contributed by atoms with E-state index >= 15 is 0 Å². The number of nitrogens with zero attached hydrogens (tertiary/aromatic N) is 1. The van der Waals surface area contributed by atoms with Crippen LogP contribution in [-0.4, -0.2) is 28.9 Å². The Kier molecular flexibility index (Phi) is 9.85. The normalized spacial score (nSPS) is 15.0. The number of carbonyl (C=O) groups excluding carboxylic acids is 4. The van der Waals surface area contributed by atoms with E-state index in [1.807, 2.05) is 0 Å². The molecular weight excluding hydrogens is 692 g/mol. The van der Waals surface area contributed by atoms with Gasteiger partial charge in [-0.25, -0.2) is 9.29 Å². The molecular formula is C32H21BrCl2FN3O4S. The second-order valence-corrected chi connectivity index (χ2v) is 12.5. The fraction of sp³-hybridized carbons (Fsp3) is 0.0625. The molecule has 0 spiro atoms. The highest BCUT2D eigenvalue weighted by atomic mass is 79.9. The van der Waals surface area contributed by atoms with Crippen molar-refractivity contribution in [2.24, 2.45) is 0 Å².